The van der Waals surface area contributed by atoms with Gasteiger partial charge in [-0.05, 0) is 12.3 Å². The Labute approximate surface area is 141 Å². The van der Waals surface area contributed by atoms with Gasteiger partial charge in [-0.15, -0.1) is 0 Å². The van der Waals surface area contributed by atoms with Crippen LogP contribution in [0.5, 0.6) is 0 Å². The van der Waals surface area contributed by atoms with Gasteiger partial charge in [0.25, 0.3) is 0 Å². The van der Waals surface area contributed by atoms with E-state index in [1.54, 1.807) is 0 Å². The van der Waals surface area contributed by atoms with E-state index in [1.165, 1.54) is 17.3 Å². The maximum absolute atomic E-state index is 10.1. The highest BCUT2D eigenvalue weighted by Crippen LogP contribution is 2.30. The predicted molar refractivity (Wildman–Crippen MR) is 85.6 cm³/mol. The van der Waals surface area contributed by atoms with Crippen LogP contribution in [0.15, 0.2) is 6.33 Å². The fraction of sp³-hybridized carbons (Fsp3) is 0.647. The molecule has 1 aliphatic rings. The van der Waals surface area contributed by atoms with Crippen molar-refractivity contribution in [2.75, 3.05) is 6.61 Å². The predicted octanol–water partition coefficient (Wildman–Crippen LogP) is 0.688. The molecule has 1 aromatic rings. The van der Waals surface area contributed by atoms with Crippen molar-refractivity contribution in [2.45, 2.75) is 63.6 Å². The summed E-state index contributed by atoms with van der Waals surface area (Å²) in [6.07, 6.45) is 2.26. The van der Waals surface area contributed by atoms with Crippen LogP contribution in [-0.2, 0) is 4.74 Å². The third-order valence-corrected chi connectivity index (χ3v) is 4.05. The van der Waals surface area contributed by atoms with Gasteiger partial charge >= 0.3 is 0 Å². The minimum absolute atomic E-state index is 0.147. The number of aliphatic hydroxyl groups excluding tert-OH is 3. The van der Waals surface area contributed by atoms with E-state index in [0.29, 0.717) is 12.1 Å². The molecule has 2 heterocycles. The van der Waals surface area contributed by atoms with Crippen LogP contribution in [-0.4, -0.2) is 49.8 Å². The first-order valence-corrected chi connectivity index (χ1v) is 8.22. The summed E-state index contributed by atoms with van der Waals surface area (Å²) in [6, 6.07) is 1.97. The van der Waals surface area contributed by atoms with Gasteiger partial charge in [-0.2, -0.15) is 5.26 Å². The summed E-state index contributed by atoms with van der Waals surface area (Å²) >= 11 is 0. The number of aliphatic hydroxyl groups is 3. The third kappa shape index (κ3) is 3.95. The Morgan fingerprint density at radius 2 is 2.08 bits per heavy atom. The molecule has 0 aliphatic carbocycles. The lowest BCUT2D eigenvalue weighted by Crippen LogP contribution is -2.33. The van der Waals surface area contributed by atoms with Crippen LogP contribution in [0.25, 0.3) is 0 Å². The fourth-order valence-electron chi connectivity index (χ4n) is 2.66. The second-order valence-corrected chi connectivity index (χ2v) is 5.80. The number of imidazole rings is 1. The van der Waals surface area contributed by atoms with Crippen LogP contribution in [0.4, 0.5) is 0 Å². The summed E-state index contributed by atoms with van der Waals surface area (Å²) in [5.74, 6) is 5.95. The SMILES string of the molecule is CCCCCCC#Cc1c(C#N)ncn1[C@@H]1O[C@H](CO)[C@@H](O)[C@H]1O. The van der Waals surface area contributed by atoms with Crippen molar-refractivity contribution in [2.24, 2.45) is 0 Å². The second kappa shape index (κ2) is 8.81. The molecule has 0 unspecified atom stereocenters. The zero-order valence-electron chi connectivity index (χ0n) is 13.7. The number of aromatic nitrogens is 2. The molecule has 7 nitrogen and oxygen atoms in total. The van der Waals surface area contributed by atoms with E-state index in [1.807, 2.05) is 6.07 Å². The molecule has 7 heteroatoms. The normalized spacial score (nSPS) is 26.0. The van der Waals surface area contributed by atoms with E-state index in [4.69, 9.17) is 4.74 Å². The lowest BCUT2D eigenvalue weighted by atomic mass is 10.1. The van der Waals surface area contributed by atoms with Crippen LogP contribution in [0.1, 0.15) is 56.6 Å². The monoisotopic (exact) mass is 333 g/mol. The number of hydrogen-bond acceptors (Lipinski definition) is 6. The Balaban J connectivity index is 2.16. The molecule has 0 spiro atoms. The van der Waals surface area contributed by atoms with Crippen molar-refractivity contribution in [3.8, 4) is 17.9 Å². The van der Waals surface area contributed by atoms with Crippen molar-refractivity contribution >= 4 is 0 Å². The van der Waals surface area contributed by atoms with E-state index < -0.39 is 31.1 Å². The second-order valence-electron chi connectivity index (χ2n) is 5.80. The summed E-state index contributed by atoms with van der Waals surface area (Å²) in [5.41, 5.74) is 0.497. The Morgan fingerprint density at radius 3 is 2.71 bits per heavy atom. The molecule has 24 heavy (non-hydrogen) atoms. The standard InChI is InChI=1S/C17H23N3O4/c1-2-3-4-5-6-7-8-13-12(9-18)19-11-20(13)17-16(23)15(22)14(10-21)24-17/h11,14-17,21-23H,2-6,10H2,1H3/t14-,15-,16-,17-/m1/s1. The Hall–Kier alpha value is -1.90. The molecule has 1 aliphatic heterocycles. The maximum atomic E-state index is 10.1. The van der Waals surface area contributed by atoms with Gasteiger partial charge in [0.2, 0.25) is 0 Å². The summed E-state index contributed by atoms with van der Waals surface area (Å²) in [6.45, 7) is 1.73. The number of ether oxygens (including phenoxy) is 1. The van der Waals surface area contributed by atoms with E-state index >= 15 is 0 Å². The molecule has 4 atom stereocenters. The lowest BCUT2D eigenvalue weighted by molar-refractivity contribution is -0.0531. The minimum atomic E-state index is -1.23. The molecule has 130 valence electrons. The van der Waals surface area contributed by atoms with Gasteiger partial charge in [-0.1, -0.05) is 32.1 Å². The zero-order valence-corrected chi connectivity index (χ0v) is 13.7. The third-order valence-electron chi connectivity index (χ3n) is 4.05. The summed E-state index contributed by atoms with van der Waals surface area (Å²) in [4.78, 5) is 3.98. The number of nitrogens with zero attached hydrogens (tertiary/aromatic N) is 3. The highest BCUT2D eigenvalue weighted by molar-refractivity contribution is 5.40. The van der Waals surface area contributed by atoms with Crippen LogP contribution in [0, 0.1) is 23.2 Å². The summed E-state index contributed by atoms with van der Waals surface area (Å²) in [5, 5.41) is 38.4. The van der Waals surface area contributed by atoms with E-state index in [0.717, 1.165) is 19.3 Å². The van der Waals surface area contributed by atoms with Crippen molar-refractivity contribution < 1.29 is 20.1 Å². The number of nitriles is 1. The van der Waals surface area contributed by atoms with E-state index in [9.17, 15) is 20.6 Å². The molecule has 3 N–H and O–H groups in total. The molecule has 0 bridgehead atoms. The molecular formula is C17H23N3O4. The van der Waals surface area contributed by atoms with E-state index in [-0.39, 0.29) is 5.69 Å². The molecule has 0 amide bonds. The molecule has 0 saturated carbocycles. The average Bonchev–Trinajstić information content (AvgIpc) is 3.12. The van der Waals surface area contributed by atoms with Crippen LogP contribution in [0.3, 0.4) is 0 Å². The zero-order chi connectivity index (χ0) is 17.5. The Morgan fingerprint density at radius 1 is 1.29 bits per heavy atom. The minimum Gasteiger partial charge on any atom is -0.394 e. The van der Waals surface area contributed by atoms with Gasteiger partial charge in [0.1, 0.15) is 30.1 Å². The number of unbranched alkanes of at least 4 members (excludes halogenated alkanes) is 4. The van der Waals surface area contributed by atoms with Gasteiger partial charge in [-0.3, -0.25) is 4.57 Å². The number of rotatable bonds is 6. The Bertz CT molecular complexity index is 640. The number of hydrogen-bond donors (Lipinski definition) is 3. The molecule has 2 rings (SSSR count). The molecule has 1 saturated heterocycles. The van der Waals surface area contributed by atoms with Crippen LogP contribution in [0.2, 0.25) is 0 Å². The van der Waals surface area contributed by atoms with Gasteiger partial charge in [-0.25, -0.2) is 4.98 Å². The summed E-state index contributed by atoms with van der Waals surface area (Å²) in [7, 11) is 0. The summed E-state index contributed by atoms with van der Waals surface area (Å²) < 4.78 is 6.92. The highest BCUT2D eigenvalue weighted by atomic mass is 16.6. The van der Waals surface area contributed by atoms with Gasteiger partial charge in [0, 0.05) is 6.42 Å². The first kappa shape index (κ1) is 18.4. The molecule has 0 aromatic carbocycles. The highest BCUT2D eigenvalue weighted by Gasteiger charge is 2.44. The lowest BCUT2D eigenvalue weighted by Gasteiger charge is -2.17. The van der Waals surface area contributed by atoms with Crippen LogP contribution >= 0.6 is 0 Å². The van der Waals surface area contributed by atoms with E-state index in [2.05, 4.69) is 23.7 Å². The first-order valence-electron chi connectivity index (χ1n) is 8.22. The first-order chi connectivity index (χ1) is 11.6. The molecule has 1 fully saturated rings. The van der Waals surface area contributed by atoms with Gasteiger partial charge in [0.05, 0.1) is 12.9 Å². The largest absolute Gasteiger partial charge is 0.394 e. The molecule has 1 aromatic heterocycles. The van der Waals surface area contributed by atoms with Gasteiger partial charge < -0.3 is 20.1 Å². The average molecular weight is 333 g/mol. The van der Waals surface area contributed by atoms with Crippen molar-refractivity contribution in [1.82, 2.24) is 9.55 Å². The van der Waals surface area contributed by atoms with Crippen LogP contribution < -0.4 is 0 Å². The topological polar surface area (TPSA) is 112 Å². The smallest absolute Gasteiger partial charge is 0.174 e. The van der Waals surface area contributed by atoms with Gasteiger partial charge in [0.15, 0.2) is 11.9 Å². The molecule has 0 radical (unpaired) electrons. The fourth-order valence-corrected chi connectivity index (χ4v) is 2.66. The van der Waals surface area contributed by atoms with Crippen molar-refractivity contribution in [1.29, 1.82) is 5.26 Å². The maximum Gasteiger partial charge on any atom is 0.174 e. The Kier molecular flexibility index (Phi) is 6.77. The quantitative estimate of drug-likeness (QED) is 0.522. The van der Waals surface area contributed by atoms with Crippen molar-refractivity contribution in [3.05, 3.63) is 17.7 Å². The van der Waals surface area contributed by atoms with Crippen molar-refractivity contribution in [3.63, 3.8) is 0 Å². The molecular weight excluding hydrogens is 310 g/mol.